The van der Waals surface area contributed by atoms with Crippen LogP contribution in [-0.4, -0.2) is 39.7 Å². The number of hydrogen-bond acceptors (Lipinski definition) is 3. The average molecular weight is 312 g/mol. The molecular formula is C18H24N4O. The molecule has 1 aromatic carbocycles. The van der Waals surface area contributed by atoms with Crippen LogP contribution in [0, 0.1) is 0 Å². The second-order valence-electron chi connectivity index (χ2n) is 6.17. The largest absolute Gasteiger partial charge is 0.341 e. The zero-order valence-electron chi connectivity index (χ0n) is 13.6. The van der Waals surface area contributed by atoms with E-state index in [1.807, 2.05) is 52.2 Å². The van der Waals surface area contributed by atoms with Gasteiger partial charge in [0.1, 0.15) is 6.04 Å². The zero-order valence-corrected chi connectivity index (χ0v) is 13.6. The number of nitrogens with one attached hydrogen (secondary N) is 1. The van der Waals surface area contributed by atoms with Gasteiger partial charge in [-0.15, -0.1) is 0 Å². The molecule has 2 aromatic rings. The first kappa shape index (κ1) is 15.7. The summed E-state index contributed by atoms with van der Waals surface area (Å²) in [7, 11) is 0. The van der Waals surface area contributed by atoms with Gasteiger partial charge in [-0.2, -0.15) is 5.10 Å². The monoisotopic (exact) mass is 312 g/mol. The molecular weight excluding hydrogens is 288 g/mol. The summed E-state index contributed by atoms with van der Waals surface area (Å²) < 4.78 is 1.89. The summed E-state index contributed by atoms with van der Waals surface area (Å²) >= 11 is 0. The molecule has 1 aliphatic rings. The van der Waals surface area contributed by atoms with Gasteiger partial charge < -0.3 is 4.90 Å². The van der Waals surface area contributed by atoms with E-state index in [1.54, 1.807) is 6.20 Å². The van der Waals surface area contributed by atoms with Gasteiger partial charge in [-0.1, -0.05) is 30.3 Å². The molecule has 0 saturated carbocycles. The molecule has 2 atom stereocenters. The number of nitrogens with zero attached hydrogens (tertiary/aromatic N) is 3. The number of amides is 1. The highest BCUT2D eigenvalue weighted by atomic mass is 16.2. The van der Waals surface area contributed by atoms with Gasteiger partial charge in [0.2, 0.25) is 5.91 Å². The first-order valence-corrected chi connectivity index (χ1v) is 8.31. The minimum atomic E-state index is -0.292. The van der Waals surface area contributed by atoms with Gasteiger partial charge in [0.25, 0.3) is 0 Å². The minimum absolute atomic E-state index is 0.145. The van der Waals surface area contributed by atoms with Crippen LogP contribution in [0.3, 0.4) is 0 Å². The molecule has 0 unspecified atom stereocenters. The molecule has 23 heavy (non-hydrogen) atoms. The van der Waals surface area contributed by atoms with Crippen LogP contribution in [-0.2, 0) is 11.3 Å². The predicted octanol–water partition coefficient (Wildman–Crippen LogP) is 2.22. The van der Waals surface area contributed by atoms with Crippen molar-refractivity contribution in [2.45, 2.75) is 38.4 Å². The normalized spacial score (nSPS) is 17.2. The van der Waals surface area contributed by atoms with Crippen molar-refractivity contribution in [2.75, 3.05) is 13.1 Å². The van der Waals surface area contributed by atoms with Gasteiger partial charge in [-0.25, -0.2) is 0 Å². The molecule has 0 bridgehead atoms. The van der Waals surface area contributed by atoms with Crippen LogP contribution >= 0.6 is 0 Å². The van der Waals surface area contributed by atoms with Crippen LogP contribution in [0.15, 0.2) is 48.8 Å². The number of aromatic nitrogens is 2. The molecule has 3 rings (SSSR count). The van der Waals surface area contributed by atoms with Crippen LogP contribution in [0.5, 0.6) is 0 Å². The van der Waals surface area contributed by atoms with E-state index in [0.29, 0.717) is 0 Å². The van der Waals surface area contributed by atoms with Gasteiger partial charge in [-0.05, 0) is 31.4 Å². The van der Waals surface area contributed by atoms with Gasteiger partial charge in [0.15, 0.2) is 0 Å². The Morgan fingerprint density at radius 2 is 1.96 bits per heavy atom. The lowest BCUT2D eigenvalue weighted by atomic mass is 10.0. The van der Waals surface area contributed by atoms with Gasteiger partial charge in [0, 0.05) is 31.5 Å². The first-order chi connectivity index (χ1) is 11.2. The summed E-state index contributed by atoms with van der Waals surface area (Å²) in [6.45, 7) is 4.58. The number of rotatable bonds is 6. The number of carbonyl (C=O) groups is 1. The Labute approximate surface area is 137 Å². The summed E-state index contributed by atoms with van der Waals surface area (Å²) in [5.41, 5.74) is 1.02. The number of likely N-dealkylation sites (tertiary alicyclic amines) is 1. The second-order valence-corrected chi connectivity index (χ2v) is 6.17. The molecule has 1 fully saturated rings. The van der Waals surface area contributed by atoms with E-state index >= 15 is 0 Å². The van der Waals surface area contributed by atoms with E-state index in [0.717, 1.165) is 38.0 Å². The molecule has 1 N–H and O–H groups in total. The maximum absolute atomic E-state index is 12.9. The molecule has 1 saturated heterocycles. The van der Waals surface area contributed by atoms with E-state index in [1.165, 1.54) is 0 Å². The fraction of sp³-hybridized carbons (Fsp3) is 0.444. The third-order valence-corrected chi connectivity index (χ3v) is 4.27. The Balaban J connectivity index is 1.73. The minimum Gasteiger partial charge on any atom is -0.341 e. The van der Waals surface area contributed by atoms with Crippen molar-refractivity contribution in [3.63, 3.8) is 0 Å². The van der Waals surface area contributed by atoms with Gasteiger partial charge in [-0.3, -0.25) is 14.8 Å². The molecule has 0 radical (unpaired) electrons. The lowest BCUT2D eigenvalue weighted by molar-refractivity contribution is -0.132. The van der Waals surface area contributed by atoms with Crippen molar-refractivity contribution < 1.29 is 4.79 Å². The van der Waals surface area contributed by atoms with Gasteiger partial charge >= 0.3 is 0 Å². The van der Waals surface area contributed by atoms with E-state index in [-0.39, 0.29) is 18.0 Å². The molecule has 122 valence electrons. The Bertz CT molecular complexity index is 605. The summed E-state index contributed by atoms with van der Waals surface area (Å²) in [5, 5.41) is 7.74. The van der Waals surface area contributed by atoms with Crippen LogP contribution in [0.4, 0.5) is 0 Å². The molecule has 1 aliphatic heterocycles. The molecule has 2 heterocycles. The number of benzene rings is 1. The Morgan fingerprint density at radius 1 is 1.22 bits per heavy atom. The summed E-state index contributed by atoms with van der Waals surface area (Å²) in [5.74, 6) is 0.181. The lowest BCUT2D eigenvalue weighted by Crippen LogP contribution is -2.43. The Morgan fingerprint density at radius 3 is 2.61 bits per heavy atom. The molecule has 5 heteroatoms. The van der Waals surface area contributed by atoms with E-state index < -0.39 is 0 Å². The smallest absolute Gasteiger partial charge is 0.244 e. The third kappa shape index (κ3) is 3.99. The fourth-order valence-corrected chi connectivity index (χ4v) is 3.10. The van der Waals surface area contributed by atoms with Crippen LogP contribution in [0.25, 0.3) is 0 Å². The van der Waals surface area contributed by atoms with Crippen LogP contribution in [0.1, 0.15) is 31.4 Å². The molecule has 1 aromatic heterocycles. The van der Waals surface area contributed by atoms with Crippen LogP contribution < -0.4 is 5.32 Å². The Kier molecular flexibility index (Phi) is 5.08. The molecule has 0 aliphatic carbocycles. The molecule has 5 nitrogen and oxygen atoms in total. The summed E-state index contributed by atoms with van der Waals surface area (Å²) in [6, 6.07) is 11.8. The van der Waals surface area contributed by atoms with Crippen molar-refractivity contribution in [3.05, 3.63) is 54.4 Å². The van der Waals surface area contributed by atoms with Crippen molar-refractivity contribution in [2.24, 2.45) is 0 Å². The average Bonchev–Trinajstić information content (AvgIpc) is 3.26. The van der Waals surface area contributed by atoms with Crippen LogP contribution in [0.2, 0.25) is 0 Å². The Hall–Kier alpha value is -2.14. The van der Waals surface area contributed by atoms with E-state index in [4.69, 9.17) is 0 Å². The first-order valence-electron chi connectivity index (χ1n) is 8.31. The highest BCUT2D eigenvalue weighted by molar-refractivity contribution is 5.83. The van der Waals surface area contributed by atoms with Crippen molar-refractivity contribution in [3.8, 4) is 0 Å². The molecule has 1 amide bonds. The highest BCUT2D eigenvalue weighted by Crippen LogP contribution is 2.20. The quantitative estimate of drug-likeness (QED) is 0.890. The van der Waals surface area contributed by atoms with Gasteiger partial charge in [0.05, 0.1) is 6.54 Å². The standard InChI is InChI=1S/C18H24N4O/c1-15(14-22-13-7-10-19-22)20-17(16-8-3-2-4-9-16)18(23)21-11-5-6-12-21/h2-4,7-10,13,15,17,20H,5-6,11-12,14H2,1H3/t15-,17-/m1/s1. The lowest BCUT2D eigenvalue weighted by Gasteiger charge is -2.27. The number of carbonyl (C=O) groups excluding carboxylic acids is 1. The zero-order chi connectivity index (χ0) is 16.1. The SMILES string of the molecule is C[C@H](Cn1cccn1)N[C@@H](C(=O)N1CCCC1)c1ccccc1. The topological polar surface area (TPSA) is 50.2 Å². The summed E-state index contributed by atoms with van der Waals surface area (Å²) in [6.07, 6.45) is 5.93. The van der Waals surface area contributed by atoms with Crippen molar-refractivity contribution in [1.82, 2.24) is 20.0 Å². The third-order valence-electron chi connectivity index (χ3n) is 4.27. The molecule has 0 spiro atoms. The predicted molar refractivity (Wildman–Crippen MR) is 89.8 cm³/mol. The van der Waals surface area contributed by atoms with Crippen molar-refractivity contribution in [1.29, 1.82) is 0 Å². The van der Waals surface area contributed by atoms with Crippen molar-refractivity contribution >= 4 is 5.91 Å². The fourth-order valence-electron chi connectivity index (χ4n) is 3.10. The highest BCUT2D eigenvalue weighted by Gasteiger charge is 2.28. The maximum Gasteiger partial charge on any atom is 0.244 e. The van der Waals surface area contributed by atoms with E-state index in [9.17, 15) is 4.79 Å². The maximum atomic E-state index is 12.9. The van der Waals surface area contributed by atoms with E-state index in [2.05, 4.69) is 17.3 Å². The summed E-state index contributed by atoms with van der Waals surface area (Å²) in [4.78, 5) is 14.9. The second kappa shape index (κ2) is 7.42. The number of hydrogen-bond donors (Lipinski definition) is 1.